The van der Waals surface area contributed by atoms with Gasteiger partial charge in [0.15, 0.2) is 0 Å². The van der Waals surface area contributed by atoms with Gasteiger partial charge in [0, 0.05) is 19.2 Å². The Labute approximate surface area is 154 Å². The van der Waals surface area contributed by atoms with Gasteiger partial charge in [-0.25, -0.2) is 8.42 Å². The van der Waals surface area contributed by atoms with Gasteiger partial charge < -0.3 is 19.7 Å². The van der Waals surface area contributed by atoms with E-state index in [0.717, 1.165) is 25.3 Å². The van der Waals surface area contributed by atoms with E-state index in [2.05, 4.69) is 14.9 Å². The van der Waals surface area contributed by atoms with Gasteiger partial charge in [0.05, 0.1) is 29.9 Å². The van der Waals surface area contributed by atoms with Crippen LogP contribution >= 0.6 is 0 Å². The first kappa shape index (κ1) is 18.3. The molecule has 0 atom stereocenters. The Morgan fingerprint density at radius 3 is 2.65 bits per heavy atom. The fourth-order valence-electron chi connectivity index (χ4n) is 2.79. The van der Waals surface area contributed by atoms with Crippen LogP contribution in [0.5, 0.6) is 11.5 Å². The zero-order valence-corrected chi connectivity index (χ0v) is 15.7. The predicted molar refractivity (Wildman–Crippen MR) is 102 cm³/mol. The van der Waals surface area contributed by atoms with Crippen LogP contribution in [0.15, 0.2) is 47.4 Å². The molecule has 7 nitrogen and oxygen atoms in total. The number of fused-ring (bicyclic) bond motifs is 1. The molecule has 0 amide bonds. The molecule has 0 bridgehead atoms. The molecular formula is C18H23N3O4S. The third kappa shape index (κ3) is 4.03. The first-order valence-electron chi connectivity index (χ1n) is 8.37. The highest BCUT2D eigenvalue weighted by Gasteiger charge is 2.20. The molecule has 1 heterocycles. The summed E-state index contributed by atoms with van der Waals surface area (Å²) in [5.74, 6) is 1.29. The topological polar surface area (TPSA) is 79.9 Å². The lowest BCUT2D eigenvalue weighted by atomic mass is 10.2. The summed E-state index contributed by atoms with van der Waals surface area (Å²) in [6.07, 6.45) is 0. The molecule has 0 saturated heterocycles. The number of ether oxygens (including phenoxy) is 2. The van der Waals surface area contributed by atoms with E-state index >= 15 is 0 Å². The average molecular weight is 377 g/mol. The molecule has 0 aliphatic carbocycles. The Balaban J connectivity index is 1.79. The van der Waals surface area contributed by atoms with Crippen LogP contribution in [-0.2, 0) is 10.0 Å². The lowest BCUT2D eigenvalue weighted by Gasteiger charge is -2.31. The van der Waals surface area contributed by atoms with Crippen molar-refractivity contribution in [1.29, 1.82) is 0 Å². The van der Waals surface area contributed by atoms with Crippen LogP contribution in [0.1, 0.15) is 0 Å². The summed E-state index contributed by atoms with van der Waals surface area (Å²) in [7, 11) is -0.226. The average Bonchev–Trinajstić information content (AvgIpc) is 2.65. The molecule has 0 aromatic heterocycles. The van der Waals surface area contributed by atoms with Gasteiger partial charge in [-0.2, -0.15) is 0 Å². The van der Waals surface area contributed by atoms with E-state index in [1.807, 2.05) is 13.1 Å². The SMILES string of the molecule is CNCCN1CCOc2cc(NS(=O)(=O)c3ccc(OC)cc3)ccc21. The van der Waals surface area contributed by atoms with Crippen molar-refractivity contribution in [3.8, 4) is 11.5 Å². The minimum atomic E-state index is -3.68. The van der Waals surface area contributed by atoms with Gasteiger partial charge in [0.2, 0.25) is 0 Å². The number of anilines is 2. The fraction of sp³-hybridized carbons (Fsp3) is 0.333. The zero-order valence-electron chi connectivity index (χ0n) is 14.9. The molecule has 2 aromatic carbocycles. The smallest absolute Gasteiger partial charge is 0.261 e. The van der Waals surface area contributed by atoms with Crippen LogP contribution in [0, 0.1) is 0 Å². The van der Waals surface area contributed by atoms with Crippen LogP contribution in [-0.4, -0.2) is 48.8 Å². The third-order valence-electron chi connectivity index (χ3n) is 4.17. The van der Waals surface area contributed by atoms with Gasteiger partial charge in [0.25, 0.3) is 10.0 Å². The minimum absolute atomic E-state index is 0.174. The van der Waals surface area contributed by atoms with Crippen LogP contribution in [0.3, 0.4) is 0 Å². The van der Waals surface area contributed by atoms with Crippen LogP contribution in [0.25, 0.3) is 0 Å². The maximum atomic E-state index is 12.6. The Hall–Kier alpha value is -2.45. The Morgan fingerprint density at radius 2 is 1.96 bits per heavy atom. The van der Waals surface area contributed by atoms with Gasteiger partial charge in [-0.05, 0) is 43.4 Å². The second-order valence-electron chi connectivity index (χ2n) is 5.90. The summed E-state index contributed by atoms with van der Waals surface area (Å²) in [5, 5.41) is 3.13. The molecule has 140 valence electrons. The van der Waals surface area contributed by atoms with Gasteiger partial charge in [-0.3, -0.25) is 4.72 Å². The number of sulfonamides is 1. The first-order valence-corrected chi connectivity index (χ1v) is 9.85. The van der Waals surface area contributed by atoms with Crippen molar-refractivity contribution in [3.63, 3.8) is 0 Å². The summed E-state index contributed by atoms with van der Waals surface area (Å²) in [6.45, 7) is 3.12. The normalized spacial score (nSPS) is 13.7. The number of hydrogen-bond donors (Lipinski definition) is 2. The Morgan fingerprint density at radius 1 is 1.19 bits per heavy atom. The largest absolute Gasteiger partial charge is 0.497 e. The lowest BCUT2D eigenvalue weighted by Crippen LogP contribution is -2.37. The van der Waals surface area contributed by atoms with Gasteiger partial charge in [-0.15, -0.1) is 0 Å². The maximum absolute atomic E-state index is 12.6. The minimum Gasteiger partial charge on any atom is -0.497 e. The van der Waals surface area contributed by atoms with E-state index in [-0.39, 0.29) is 4.90 Å². The van der Waals surface area contributed by atoms with E-state index < -0.39 is 10.0 Å². The number of likely N-dealkylation sites (N-methyl/N-ethyl adjacent to an activating group) is 1. The second kappa shape index (κ2) is 7.84. The van der Waals surface area contributed by atoms with Gasteiger partial charge in [-0.1, -0.05) is 0 Å². The van der Waals surface area contributed by atoms with E-state index in [4.69, 9.17) is 9.47 Å². The molecule has 0 radical (unpaired) electrons. The van der Waals surface area contributed by atoms with E-state index in [9.17, 15) is 8.42 Å². The molecule has 0 saturated carbocycles. The van der Waals surface area contributed by atoms with Gasteiger partial charge >= 0.3 is 0 Å². The van der Waals surface area contributed by atoms with Crippen molar-refractivity contribution < 1.29 is 17.9 Å². The van der Waals surface area contributed by atoms with Crippen molar-refractivity contribution in [2.75, 3.05) is 50.0 Å². The zero-order chi connectivity index (χ0) is 18.6. The molecule has 3 rings (SSSR count). The van der Waals surface area contributed by atoms with Crippen LogP contribution < -0.4 is 24.4 Å². The quantitative estimate of drug-likeness (QED) is 0.767. The Kier molecular flexibility index (Phi) is 5.53. The number of rotatable bonds is 7. The van der Waals surface area contributed by atoms with Gasteiger partial charge in [0.1, 0.15) is 18.1 Å². The number of hydrogen-bond acceptors (Lipinski definition) is 6. The summed E-state index contributed by atoms with van der Waals surface area (Å²) >= 11 is 0. The molecular weight excluding hydrogens is 354 g/mol. The van der Waals surface area contributed by atoms with Crippen molar-refractivity contribution >= 4 is 21.4 Å². The molecule has 2 aromatic rings. The molecule has 0 unspecified atom stereocenters. The summed E-state index contributed by atoms with van der Waals surface area (Å²) in [6, 6.07) is 11.6. The monoisotopic (exact) mass is 377 g/mol. The fourth-order valence-corrected chi connectivity index (χ4v) is 3.84. The molecule has 0 spiro atoms. The van der Waals surface area contributed by atoms with E-state index in [0.29, 0.717) is 23.8 Å². The lowest BCUT2D eigenvalue weighted by molar-refractivity contribution is 0.307. The number of methoxy groups -OCH3 is 1. The Bertz CT molecular complexity index is 853. The first-order chi connectivity index (χ1) is 12.5. The molecule has 0 fully saturated rings. The molecule has 2 N–H and O–H groups in total. The predicted octanol–water partition coefficient (Wildman–Crippen LogP) is 1.91. The number of nitrogens with zero attached hydrogens (tertiary/aromatic N) is 1. The highest BCUT2D eigenvalue weighted by molar-refractivity contribution is 7.92. The highest BCUT2D eigenvalue weighted by Crippen LogP contribution is 2.34. The molecule has 8 heteroatoms. The standard InChI is InChI=1S/C18H23N3O4S/c1-19-9-10-21-11-12-25-18-13-14(3-8-17(18)21)20-26(22,23)16-6-4-15(24-2)5-7-16/h3-8,13,19-20H,9-12H2,1-2H3. The third-order valence-corrected chi connectivity index (χ3v) is 5.57. The van der Waals surface area contributed by atoms with Crippen molar-refractivity contribution in [2.45, 2.75) is 4.90 Å². The number of nitrogens with one attached hydrogen (secondary N) is 2. The van der Waals surface area contributed by atoms with Crippen LogP contribution in [0.4, 0.5) is 11.4 Å². The molecule has 1 aliphatic heterocycles. The van der Waals surface area contributed by atoms with Crippen molar-refractivity contribution in [1.82, 2.24) is 5.32 Å². The molecule has 1 aliphatic rings. The van der Waals surface area contributed by atoms with Crippen molar-refractivity contribution in [3.05, 3.63) is 42.5 Å². The summed E-state index contributed by atoms with van der Waals surface area (Å²) in [5.41, 5.74) is 1.44. The maximum Gasteiger partial charge on any atom is 0.261 e. The highest BCUT2D eigenvalue weighted by atomic mass is 32.2. The molecule has 26 heavy (non-hydrogen) atoms. The van der Waals surface area contributed by atoms with E-state index in [1.165, 1.54) is 19.2 Å². The number of benzene rings is 2. The van der Waals surface area contributed by atoms with E-state index in [1.54, 1.807) is 24.3 Å². The second-order valence-corrected chi connectivity index (χ2v) is 7.58. The van der Waals surface area contributed by atoms with Crippen molar-refractivity contribution in [2.24, 2.45) is 0 Å². The van der Waals surface area contributed by atoms with Crippen LogP contribution in [0.2, 0.25) is 0 Å². The summed E-state index contributed by atoms with van der Waals surface area (Å²) < 4.78 is 38.5. The summed E-state index contributed by atoms with van der Waals surface area (Å²) in [4.78, 5) is 2.39.